The molecule has 1 aliphatic carbocycles. The number of methoxy groups -OCH3 is 2. The van der Waals surface area contributed by atoms with Gasteiger partial charge in [-0.1, -0.05) is 60.7 Å². The van der Waals surface area contributed by atoms with Crippen molar-refractivity contribution in [2.45, 2.75) is 11.8 Å². The third-order valence-electron chi connectivity index (χ3n) is 7.29. The minimum Gasteiger partial charge on any atom is -0.465 e. The monoisotopic (exact) mass is 503 g/mol. The van der Waals surface area contributed by atoms with Crippen LogP contribution in [-0.2, 0) is 29.4 Å². The molecule has 0 N–H and O–H groups in total. The van der Waals surface area contributed by atoms with Gasteiger partial charge in [0.25, 0.3) is 0 Å². The topological polar surface area (TPSA) is 90.8 Å². The summed E-state index contributed by atoms with van der Waals surface area (Å²) in [7, 11) is 2.84. The quantitative estimate of drug-likeness (QED) is 0.379. The van der Waals surface area contributed by atoms with Crippen LogP contribution >= 0.6 is 0 Å². The van der Waals surface area contributed by atoms with Gasteiger partial charge in [-0.2, -0.15) is 0 Å². The summed E-state index contributed by atoms with van der Waals surface area (Å²) in [4.78, 5) is 38.9. The van der Waals surface area contributed by atoms with Crippen LogP contribution in [0, 0.1) is 0 Å². The van der Waals surface area contributed by atoms with E-state index in [1.54, 1.807) is 18.2 Å². The molecule has 186 valence electrons. The van der Waals surface area contributed by atoms with Crippen LogP contribution < -0.4 is 0 Å². The summed E-state index contributed by atoms with van der Waals surface area (Å²) in [6.07, 6.45) is 2.92. The molecule has 4 aromatic rings. The Morgan fingerprint density at radius 2 is 1.66 bits per heavy atom. The average molecular weight is 504 g/mol. The maximum Gasteiger partial charge on any atom is 0.357 e. The lowest BCUT2D eigenvalue weighted by Crippen LogP contribution is -2.34. The number of benzene rings is 3. The number of fused-ring (bicyclic) bond motifs is 7. The first-order chi connectivity index (χ1) is 18.6. The van der Waals surface area contributed by atoms with Crippen LogP contribution in [0.3, 0.4) is 0 Å². The highest BCUT2D eigenvalue weighted by molar-refractivity contribution is 6.08. The third kappa shape index (κ3) is 2.83. The van der Waals surface area contributed by atoms with Gasteiger partial charge in [-0.3, -0.25) is 0 Å². The maximum absolute atomic E-state index is 13.9. The van der Waals surface area contributed by atoms with E-state index in [-0.39, 0.29) is 11.3 Å². The van der Waals surface area contributed by atoms with Crippen LogP contribution in [0.1, 0.15) is 28.6 Å². The summed E-state index contributed by atoms with van der Waals surface area (Å²) < 4.78 is 17.4. The van der Waals surface area contributed by atoms with E-state index in [0.717, 1.165) is 16.7 Å². The molecule has 0 amide bonds. The number of esters is 2. The van der Waals surface area contributed by atoms with Gasteiger partial charge in [-0.05, 0) is 23.8 Å². The van der Waals surface area contributed by atoms with Gasteiger partial charge >= 0.3 is 11.9 Å². The molecule has 0 radical (unpaired) electrons. The zero-order chi connectivity index (χ0) is 26.0. The molecular weight excluding hydrogens is 482 g/mol. The number of nitrogens with zero attached hydrogens (tertiary/aromatic N) is 3. The van der Waals surface area contributed by atoms with E-state index in [1.807, 2.05) is 78.9 Å². The standard InChI is InChI=1S/C30H21N3O5/c1-36-27-18-10-4-3-9-17(18)15-16-33(27)25-23(28(34)37-2)30(38-29(25)35)20-12-6-5-11-19(20)24-26(30)32-22-14-8-7-13-21(22)31-24/h3-16,27H,1-2H3. The molecule has 8 heteroatoms. The predicted octanol–water partition coefficient (Wildman–Crippen LogP) is 4.47. The smallest absolute Gasteiger partial charge is 0.357 e. The Morgan fingerprint density at radius 3 is 2.45 bits per heavy atom. The number of rotatable bonds is 3. The molecule has 2 unspecified atom stereocenters. The van der Waals surface area contributed by atoms with E-state index in [0.29, 0.717) is 28.0 Å². The largest absolute Gasteiger partial charge is 0.465 e. The Morgan fingerprint density at radius 1 is 0.947 bits per heavy atom. The third-order valence-corrected chi connectivity index (χ3v) is 7.29. The highest BCUT2D eigenvalue weighted by atomic mass is 16.6. The van der Waals surface area contributed by atoms with E-state index in [1.165, 1.54) is 7.11 Å². The van der Waals surface area contributed by atoms with Crippen molar-refractivity contribution in [2.24, 2.45) is 0 Å². The Labute approximate surface area is 217 Å². The van der Waals surface area contributed by atoms with E-state index in [2.05, 4.69) is 0 Å². The zero-order valence-corrected chi connectivity index (χ0v) is 20.5. The molecule has 2 atom stereocenters. The number of para-hydroxylation sites is 2. The first kappa shape index (κ1) is 22.4. The van der Waals surface area contributed by atoms with Crippen molar-refractivity contribution < 1.29 is 23.8 Å². The molecule has 7 rings (SSSR count). The van der Waals surface area contributed by atoms with E-state index in [9.17, 15) is 9.59 Å². The summed E-state index contributed by atoms with van der Waals surface area (Å²) in [5.74, 6) is -1.39. The highest BCUT2D eigenvalue weighted by Gasteiger charge is 2.61. The molecule has 0 bridgehead atoms. The van der Waals surface area contributed by atoms with Crippen LogP contribution in [0.5, 0.6) is 0 Å². The van der Waals surface area contributed by atoms with Crippen LogP contribution in [0.4, 0.5) is 0 Å². The normalized spacial score (nSPS) is 20.9. The molecule has 3 heterocycles. The van der Waals surface area contributed by atoms with Crippen LogP contribution in [0.2, 0.25) is 0 Å². The number of aromatic nitrogens is 2. The molecule has 8 nitrogen and oxygen atoms in total. The van der Waals surface area contributed by atoms with Crippen molar-refractivity contribution in [3.63, 3.8) is 0 Å². The Kier molecular flexibility index (Phi) is 4.77. The van der Waals surface area contributed by atoms with Crippen molar-refractivity contribution >= 4 is 29.0 Å². The first-order valence-electron chi connectivity index (χ1n) is 12.1. The van der Waals surface area contributed by atoms with Crippen molar-refractivity contribution in [3.05, 3.63) is 113 Å². The molecule has 38 heavy (non-hydrogen) atoms. The van der Waals surface area contributed by atoms with E-state index < -0.39 is 23.8 Å². The minimum absolute atomic E-state index is 0.0341. The van der Waals surface area contributed by atoms with Crippen molar-refractivity contribution in [3.8, 4) is 11.3 Å². The van der Waals surface area contributed by atoms with E-state index in [4.69, 9.17) is 24.2 Å². The lowest BCUT2D eigenvalue weighted by molar-refractivity contribution is -0.148. The van der Waals surface area contributed by atoms with Crippen molar-refractivity contribution in [2.75, 3.05) is 14.2 Å². The maximum atomic E-state index is 13.9. The summed E-state index contributed by atoms with van der Waals surface area (Å²) >= 11 is 0. The number of hydrogen-bond donors (Lipinski definition) is 0. The fraction of sp³-hybridized carbons (Fsp3) is 0.133. The molecule has 1 aromatic heterocycles. The van der Waals surface area contributed by atoms with Gasteiger partial charge in [-0.15, -0.1) is 0 Å². The molecule has 0 saturated heterocycles. The molecule has 0 saturated carbocycles. The Bertz CT molecular complexity index is 1740. The van der Waals surface area contributed by atoms with Crippen LogP contribution in [0.15, 0.2) is 90.3 Å². The van der Waals surface area contributed by atoms with Gasteiger partial charge in [0.2, 0.25) is 5.60 Å². The summed E-state index contributed by atoms with van der Waals surface area (Å²) in [5, 5.41) is 0. The first-order valence-corrected chi connectivity index (χ1v) is 12.1. The molecular formula is C30H21N3O5. The average Bonchev–Trinajstić information content (AvgIpc) is 3.41. The van der Waals surface area contributed by atoms with Gasteiger partial charge in [0.1, 0.15) is 17.0 Å². The van der Waals surface area contributed by atoms with E-state index >= 15 is 0 Å². The number of hydrogen-bond acceptors (Lipinski definition) is 8. The molecule has 2 aliphatic heterocycles. The van der Waals surface area contributed by atoms with Crippen molar-refractivity contribution in [1.82, 2.24) is 14.9 Å². The fourth-order valence-corrected chi connectivity index (χ4v) is 5.71. The summed E-state index contributed by atoms with van der Waals surface area (Å²) in [5.41, 5.74) is 3.81. The Balaban J connectivity index is 1.55. The number of carbonyl (C=O) groups excluding carboxylic acids is 2. The molecule has 3 aromatic carbocycles. The highest BCUT2D eigenvalue weighted by Crippen LogP contribution is 2.57. The van der Waals surface area contributed by atoms with Gasteiger partial charge < -0.3 is 19.1 Å². The molecule has 1 spiro atoms. The van der Waals surface area contributed by atoms with Crippen LogP contribution in [0.25, 0.3) is 28.4 Å². The lowest BCUT2D eigenvalue weighted by Gasteiger charge is -2.33. The zero-order valence-electron chi connectivity index (χ0n) is 20.5. The van der Waals surface area contributed by atoms with Gasteiger partial charge in [0, 0.05) is 30.0 Å². The van der Waals surface area contributed by atoms with Gasteiger partial charge in [0.15, 0.2) is 6.23 Å². The van der Waals surface area contributed by atoms with Crippen molar-refractivity contribution in [1.29, 1.82) is 0 Å². The SMILES string of the molecule is COC(=O)C1=C(N2C=Cc3ccccc3C2OC)C(=O)OC12c1ccccc1-c1nc3ccccc3nc12. The van der Waals surface area contributed by atoms with Crippen LogP contribution in [-0.4, -0.2) is 41.0 Å². The fourth-order valence-electron chi connectivity index (χ4n) is 5.71. The minimum atomic E-state index is -1.63. The van der Waals surface area contributed by atoms with Gasteiger partial charge in [0.05, 0.1) is 23.8 Å². The summed E-state index contributed by atoms with van der Waals surface area (Å²) in [6.45, 7) is 0. The lowest BCUT2D eigenvalue weighted by atomic mass is 9.86. The number of carbonyl (C=O) groups is 2. The Hall–Kier alpha value is -4.82. The second kappa shape index (κ2) is 8.09. The summed E-state index contributed by atoms with van der Waals surface area (Å²) in [6, 6.07) is 22.6. The number of ether oxygens (including phenoxy) is 3. The molecule has 0 fully saturated rings. The van der Waals surface area contributed by atoms with Gasteiger partial charge in [-0.25, -0.2) is 19.6 Å². The second-order valence-corrected chi connectivity index (χ2v) is 9.18. The second-order valence-electron chi connectivity index (χ2n) is 9.18. The molecule has 3 aliphatic rings. The predicted molar refractivity (Wildman–Crippen MR) is 138 cm³/mol.